The lowest BCUT2D eigenvalue weighted by molar-refractivity contribution is 0.366. The molecule has 0 radical (unpaired) electrons. The number of hydrogen-bond acceptors (Lipinski definition) is 6. The third-order valence-electron chi connectivity index (χ3n) is 4.98. The third kappa shape index (κ3) is 4.14. The summed E-state index contributed by atoms with van der Waals surface area (Å²) >= 11 is 6.03. The van der Waals surface area contributed by atoms with Gasteiger partial charge in [-0.2, -0.15) is 4.98 Å². The molecule has 0 unspecified atom stereocenters. The van der Waals surface area contributed by atoms with Crippen molar-refractivity contribution in [1.82, 2.24) is 19.3 Å². The van der Waals surface area contributed by atoms with Crippen LogP contribution in [0.5, 0.6) is 0 Å². The van der Waals surface area contributed by atoms with Gasteiger partial charge in [0, 0.05) is 32.4 Å². The van der Waals surface area contributed by atoms with Gasteiger partial charge in [-0.1, -0.05) is 54.0 Å². The van der Waals surface area contributed by atoms with Crippen LogP contribution in [0.25, 0.3) is 0 Å². The number of aryl methyl sites for hydroxylation is 1. The van der Waals surface area contributed by atoms with E-state index in [9.17, 15) is 9.59 Å². The molecule has 0 fully saturated rings. The predicted octanol–water partition coefficient (Wildman–Crippen LogP) is 2.85. The molecule has 156 valence electrons. The standard InChI is InChI=1S/C21H22ClN5O3/c1-2-10-26-19-15(13-16(22)23-19)20(28)27(21(26)29)11-6-9-18-24-17(25-30-18)12-14-7-4-3-5-8-14/h3-5,7-8H,2,6,9-13H2,1H3. The van der Waals surface area contributed by atoms with Crippen molar-refractivity contribution in [3.63, 3.8) is 0 Å². The summed E-state index contributed by atoms with van der Waals surface area (Å²) in [6.07, 6.45) is 2.63. The molecule has 2 aromatic heterocycles. The van der Waals surface area contributed by atoms with Crippen LogP contribution in [0.15, 0.2) is 49.4 Å². The molecule has 1 aliphatic heterocycles. The van der Waals surface area contributed by atoms with Crippen LogP contribution in [0.1, 0.15) is 42.6 Å². The van der Waals surface area contributed by atoms with Crippen LogP contribution >= 0.6 is 11.6 Å². The molecule has 30 heavy (non-hydrogen) atoms. The number of benzene rings is 1. The molecule has 8 nitrogen and oxygen atoms in total. The van der Waals surface area contributed by atoms with Crippen LogP contribution in [0.2, 0.25) is 0 Å². The van der Waals surface area contributed by atoms with E-state index in [1.807, 2.05) is 37.3 Å². The van der Waals surface area contributed by atoms with E-state index in [2.05, 4.69) is 15.1 Å². The molecule has 0 saturated carbocycles. The first-order valence-corrected chi connectivity index (χ1v) is 10.4. The molecular weight excluding hydrogens is 406 g/mol. The monoisotopic (exact) mass is 427 g/mol. The Kier molecular flexibility index (Phi) is 5.94. The van der Waals surface area contributed by atoms with E-state index < -0.39 is 0 Å². The fourth-order valence-electron chi connectivity index (χ4n) is 3.58. The van der Waals surface area contributed by atoms with E-state index in [0.717, 1.165) is 12.0 Å². The average Bonchev–Trinajstić information content (AvgIpc) is 3.35. The Hall–Kier alpha value is -3.00. The first-order chi connectivity index (χ1) is 14.6. The van der Waals surface area contributed by atoms with Gasteiger partial charge in [0.1, 0.15) is 11.0 Å². The van der Waals surface area contributed by atoms with Crippen molar-refractivity contribution in [3.8, 4) is 0 Å². The van der Waals surface area contributed by atoms with Gasteiger partial charge in [0.2, 0.25) is 5.89 Å². The Labute approximate surface area is 177 Å². The first kappa shape index (κ1) is 20.3. The van der Waals surface area contributed by atoms with Crippen molar-refractivity contribution in [2.24, 2.45) is 4.99 Å². The molecule has 1 aromatic carbocycles. The maximum Gasteiger partial charge on any atom is 0.332 e. The van der Waals surface area contributed by atoms with Gasteiger partial charge in [0.05, 0.1) is 5.56 Å². The number of nitrogens with zero attached hydrogens (tertiary/aromatic N) is 5. The maximum atomic E-state index is 12.9. The predicted molar refractivity (Wildman–Crippen MR) is 114 cm³/mol. The lowest BCUT2D eigenvalue weighted by atomic mass is 10.1. The highest BCUT2D eigenvalue weighted by atomic mass is 35.5. The smallest absolute Gasteiger partial charge is 0.332 e. The number of fused-ring (bicyclic) bond motifs is 1. The molecule has 0 aliphatic carbocycles. The van der Waals surface area contributed by atoms with Gasteiger partial charge in [0.25, 0.3) is 5.56 Å². The van der Waals surface area contributed by atoms with E-state index in [-0.39, 0.29) is 24.2 Å². The lowest BCUT2D eigenvalue weighted by Crippen LogP contribution is -2.41. The van der Waals surface area contributed by atoms with E-state index in [0.29, 0.717) is 54.1 Å². The highest BCUT2D eigenvalue weighted by Gasteiger charge is 2.24. The van der Waals surface area contributed by atoms with Crippen molar-refractivity contribution >= 4 is 22.6 Å². The average molecular weight is 428 g/mol. The molecule has 3 aromatic rings. The summed E-state index contributed by atoms with van der Waals surface area (Å²) in [5.41, 5.74) is 0.908. The maximum absolute atomic E-state index is 12.9. The molecule has 3 heterocycles. The van der Waals surface area contributed by atoms with Crippen molar-refractivity contribution in [2.45, 2.75) is 52.1 Å². The van der Waals surface area contributed by atoms with Crippen LogP contribution in [0.4, 0.5) is 5.82 Å². The molecule has 0 N–H and O–H groups in total. The minimum Gasteiger partial charge on any atom is -0.339 e. The molecule has 1 aliphatic rings. The zero-order valence-electron chi connectivity index (χ0n) is 16.7. The number of aliphatic imine (C=N–C) groups is 1. The summed E-state index contributed by atoms with van der Waals surface area (Å²) in [7, 11) is 0. The summed E-state index contributed by atoms with van der Waals surface area (Å²) in [5.74, 6) is 1.51. The number of aromatic nitrogens is 4. The van der Waals surface area contributed by atoms with E-state index >= 15 is 0 Å². The van der Waals surface area contributed by atoms with E-state index in [1.54, 1.807) is 0 Å². The highest BCUT2D eigenvalue weighted by molar-refractivity contribution is 6.66. The van der Waals surface area contributed by atoms with Gasteiger partial charge < -0.3 is 4.52 Å². The van der Waals surface area contributed by atoms with Gasteiger partial charge in [-0.05, 0) is 18.4 Å². The van der Waals surface area contributed by atoms with Crippen LogP contribution in [0.3, 0.4) is 0 Å². The van der Waals surface area contributed by atoms with Crippen LogP contribution < -0.4 is 11.2 Å². The van der Waals surface area contributed by atoms with Gasteiger partial charge in [-0.15, -0.1) is 0 Å². The minimum atomic E-state index is -0.356. The zero-order valence-corrected chi connectivity index (χ0v) is 17.4. The van der Waals surface area contributed by atoms with Gasteiger partial charge >= 0.3 is 5.69 Å². The Morgan fingerprint density at radius 1 is 1.13 bits per heavy atom. The Bertz CT molecular complexity index is 1190. The van der Waals surface area contributed by atoms with Crippen molar-refractivity contribution in [3.05, 3.63) is 74.0 Å². The molecule has 0 saturated heterocycles. The van der Waals surface area contributed by atoms with Crippen molar-refractivity contribution in [2.75, 3.05) is 0 Å². The Morgan fingerprint density at radius 3 is 2.70 bits per heavy atom. The van der Waals surface area contributed by atoms with Crippen LogP contribution in [-0.4, -0.2) is 24.4 Å². The number of halogens is 1. The van der Waals surface area contributed by atoms with Gasteiger partial charge in [-0.25, -0.2) is 9.79 Å². The Morgan fingerprint density at radius 2 is 1.93 bits per heavy atom. The molecule has 0 spiro atoms. The van der Waals surface area contributed by atoms with Crippen molar-refractivity contribution in [1.29, 1.82) is 0 Å². The van der Waals surface area contributed by atoms with E-state index in [4.69, 9.17) is 16.1 Å². The third-order valence-corrected chi connectivity index (χ3v) is 5.19. The topological polar surface area (TPSA) is 95.3 Å². The summed E-state index contributed by atoms with van der Waals surface area (Å²) < 4.78 is 8.12. The molecule has 0 atom stereocenters. The summed E-state index contributed by atoms with van der Waals surface area (Å²) in [5, 5.41) is 4.35. The summed E-state index contributed by atoms with van der Waals surface area (Å²) in [4.78, 5) is 34.3. The fraction of sp³-hybridized carbons (Fsp3) is 0.381. The molecule has 0 amide bonds. The number of rotatable bonds is 8. The lowest BCUT2D eigenvalue weighted by Gasteiger charge is -2.13. The molecule has 9 heteroatoms. The second kappa shape index (κ2) is 8.79. The SMILES string of the molecule is CCCn1c2c(c(=O)n(CCCc3nc(Cc4ccccc4)no3)c1=O)CC(Cl)=N2. The molecule has 4 rings (SSSR count). The number of hydrogen-bond donors (Lipinski definition) is 0. The second-order valence-corrected chi connectivity index (χ2v) is 7.66. The second-order valence-electron chi connectivity index (χ2n) is 7.23. The molecule has 0 bridgehead atoms. The Balaban J connectivity index is 1.46. The highest BCUT2D eigenvalue weighted by Crippen LogP contribution is 2.24. The first-order valence-electron chi connectivity index (χ1n) is 10.0. The fourth-order valence-corrected chi connectivity index (χ4v) is 3.79. The van der Waals surface area contributed by atoms with Gasteiger partial charge in [-0.3, -0.25) is 13.9 Å². The van der Waals surface area contributed by atoms with Crippen molar-refractivity contribution < 1.29 is 4.52 Å². The van der Waals surface area contributed by atoms with Crippen LogP contribution in [0, 0.1) is 0 Å². The van der Waals surface area contributed by atoms with Crippen LogP contribution in [-0.2, 0) is 32.4 Å². The molecular formula is C21H22ClN5O3. The minimum absolute atomic E-state index is 0.267. The largest absolute Gasteiger partial charge is 0.339 e. The quantitative estimate of drug-likeness (QED) is 0.550. The summed E-state index contributed by atoms with van der Waals surface area (Å²) in [6, 6.07) is 9.91. The summed E-state index contributed by atoms with van der Waals surface area (Å²) in [6.45, 7) is 2.72. The zero-order chi connectivity index (χ0) is 21.1. The van der Waals surface area contributed by atoms with Gasteiger partial charge in [0.15, 0.2) is 5.82 Å². The van der Waals surface area contributed by atoms with E-state index in [1.165, 1.54) is 9.13 Å². The normalized spacial score (nSPS) is 12.8.